The molecule has 0 saturated carbocycles. The number of aliphatic carboxylic acids is 1. The number of carbonyl (C=O) groups is 1. The Morgan fingerprint density at radius 2 is 1.83 bits per heavy atom. The van der Waals surface area contributed by atoms with Gasteiger partial charge >= 0.3 is 5.97 Å². The normalized spacial score (nSPS) is 19.1. The summed E-state index contributed by atoms with van der Waals surface area (Å²) in [6, 6.07) is 9.45. The van der Waals surface area contributed by atoms with Crippen LogP contribution in [-0.2, 0) is 11.2 Å². The lowest BCUT2D eigenvalue weighted by Gasteiger charge is -2.26. The molecule has 0 aliphatic carbocycles. The number of rotatable bonds is 4. The standard InChI is InChI=1S/C13H17NO2S2/c15-13(16)12(8-11-4-2-1-3-5-11)14-9-17-6-7-18-10-14/h1-5,12H,6-10H2,(H,15,16). The average molecular weight is 283 g/mol. The van der Waals surface area contributed by atoms with Crippen molar-refractivity contribution < 1.29 is 9.90 Å². The molecule has 0 bridgehead atoms. The minimum absolute atomic E-state index is 0.412. The highest BCUT2D eigenvalue weighted by Crippen LogP contribution is 2.21. The Morgan fingerprint density at radius 1 is 1.22 bits per heavy atom. The SMILES string of the molecule is O=C(O)C(Cc1ccccc1)N1CSCCSC1. The van der Waals surface area contributed by atoms with E-state index in [1.165, 1.54) is 0 Å². The highest BCUT2D eigenvalue weighted by atomic mass is 32.2. The lowest BCUT2D eigenvalue weighted by Crippen LogP contribution is -2.42. The molecular formula is C13H17NO2S2. The van der Waals surface area contributed by atoms with Crippen LogP contribution in [0.15, 0.2) is 30.3 Å². The van der Waals surface area contributed by atoms with Gasteiger partial charge in [0.2, 0.25) is 0 Å². The Balaban J connectivity index is 2.05. The topological polar surface area (TPSA) is 40.5 Å². The molecule has 1 fully saturated rings. The van der Waals surface area contributed by atoms with E-state index in [0.717, 1.165) is 28.8 Å². The molecule has 18 heavy (non-hydrogen) atoms. The third-order valence-corrected chi connectivity index (χ3v) is 5.16. The zero-order valence-corrected chi connectivity index (χ0v) is 11.8. The first-order valence-corrected chi connectivity index (χ1v) is 8.24. The third kappa shape index (κ3) is 3.93. The lowest BCUT2D eigenvalue weighted by molar-refractivity contribution is -0.142. The van der Waals surface area contributed by atoms with Crippen molar-refractivity contribution >= 4 is 29.5 Å². The molecule has 1 aromatic carbocycles. The number of hydrogen-bond donors (Lipinski definition) is 1. The summed E-state index contributed by atoms with van der Waals surface area (Å²) < 4.78 is 0. The van der Waals surface area contributed by atoms with Crippen LogP contribution in [0.5, 0.6) is 0 Å². The van der Waals surface area contributed by atoms with Crippen LogP contribution in [0.4, 0.5) is 0 Å². The van der Waals surface area contributed by atoms with Gasteiger partial charge in [-0.15, -0.1) is 23.5 Å². The summed E-state index contributed by atoms with van der Waals surface area (Å²) in [6.45, 7) is 0. The fraction of sp³-hybridized carbons (Fsp3) is 0.462. The van der Waals surface area contributed by atoms with Gasteiger partial charge in [-0.2, -0.15) is 0 Å². The molecule has 1 atom stereocenters. The first kappa shape index (κ1) is 13.8. The molecule has 1 heterocycles. The van der Waals surface area contributed by atoms with Gasteiger partial charge in [0.15, 0.2) is 0 Å². The predicted molar refractivity (Wildman–Crippen MR) is 78.1 cm³/mol. The molecular weight excluding hydrogens is 266 g/mol. The van der Waals surface area contributed by atoms with Crippen molar-refractivity contribution in [2.45, 2.75) is 12.5 Å². The van der Waals surface area contributed by atoms with Gasteiger partial charge in [0.25, 0.3) is 0 Å². The van der Waals surface area contributed by atoms with Crippen LogP contribution in [0.2, 0.25) is 0 Å². The molecule has 0 spiro atoms. The number of benzene rings is 1. The van der Waals surface area contributed by atoms with Crippen LogP contribution >= 0.6 is 23.5 Å². The largest absolute Gasteiger partial charge is 0.480 e. The Bertz CT molecular complexity index is 378. The lowest BCUT2D eigenvalue weighted by atomic mass is 10.1. The van der Waals surface area contributed by atoms with E-state index >= 15 is 0 Å². The third-order valence-electron chi connectivity index (χ3n) is 2.88. The summed E-state index contributed by atoms with van der Waals surface area (Å²) in [5.74, 6) is 3.13. The molecule has 1 saturated heterocycles. The van der Waals surface area contributed by atoms with Crippen molar-refractivity contribution in [3.63, 3.8) is 0 Å². The summed E-state index contributed by atoms with van der Waals surface area (Å²) in [5, 5.41) is 9.42. The van der Waals surface area contributed by atoms with E-state index in [9.17, 15) is 9.90 Å². The van der Waals surface area contributed by atoms with Crippen LogP contribution in [0.1, 0.15) is 5.56 Å². The Morgan fingerprint density at radius 3 is 2.39 bits per heavy atom. The fourth-order valence-corrected chi connectivity index (χ4v) is 4.24. The number of hydrogen-bond acceptors (Lipinski definition) is 4. The average Bonchev–Trinajstić information content (AvgIpc) is 2.65. The van der Waals surface area contributed by atoms with Crippen molar-refractivity contribution in [1.82, 2.24) is 4.90 Å². The molecule has 0 radical (unpaired) electrons. The van der Waals surface area contributed by atoms with Crippen LogP contribution in [0, 0.1) is 0 Å². The van der Waals surface area contributed by atoms with Crippen LogP contribution in [0.3, 0.4) is 0 Å². The molecule has 1 unspecified atom stereocenters. The predicted octanol–water partition coefficient (Wildman–Crippen LogP) is 2.38. The number of nitrogens with zero attached hydrogens (tertiary/aromatic N) is 1. The zero-order chi connectivity index (χ0) is 12.8. The number of carboxylic acids is 1. The van der Waals surface area contributed by atoms with E-state index in [-0.39, 0.29) is 0 Å². The van der Waals surface area contributed by atoms with Gasteiger partial charge in [0, 0.05) is 23.3 Å². The molecule has 3 nitrogen and oxygen atoms in total. The van der Waals surface area contributed by atoms with E-state index in [1.807, 2.05) is 53.9 Å². The van der Waals surface area contributed by atoms with Crippen LogP contribution in [-0.4, -0.2) is 45.3 Å². The molecule has 0 aromatic heterocycles. The Hall–Kier alpha value is -0.650. The second-order valence-electron chi connectivity index (χ2n) is 4.21. The molecule has 1 aliphatic heterocycles. The number of carboxylic acid groups (broad SMARTS) is 1. The van der Waals surface area contributed by atoms with Gasteiger partial charge in [0.05, 0.1) is 0 Å². The molecule has 98 valence electrons. The summed E-state index contributed by atoms with van der Waals surface area (Å²) in [6.07, 6.45) is 0.581. The summed E-state index contributed by atoms with van der Waals surface area (Å²) in [7, 11) is 0. The minimum Gasteiger partial charge on any atom is -0.480 e. The fourth-order valence-electron chi connectivity index (χ4n) is 1.91. The maximum absolute atomic E-state index is 11.5. The van der Waals surface area contributed by atoms with Crippen molar-refractivity contribution in [1.29, 1.82) is 0 Å². The molecule has 5 heteroatoms. The number of thioether (sulfide) groups is 2. The van der Waals surface area contributed by atoms with Gasteiger partial charge in [-0.3, -0.25) is 9.69 Å². The van der Waals surface area contributed by atoms with E-state index in [1.54, 1.807) is 0 Å². The highest BCUT2D eigenvalue weighted by molar-refractivity contribution is 8.03. The first-order valence-electron chi connectivity index (χ1n) is 5.93. The monoisotopic (exact) mass is 283 g/mol. The zero-order valence-electron chi connectivity index (χ0n) is 10.1. The Kier molecular flexibility index (Phi) is 5.41. The summed E-state index contributed by atoms with van der Waals surface area (Å²) in [5.41, 5.74) is 1.09. The van der Waals surface area contributed by atoms with Crippen LogP contribution in [0.25, 0.3) is 0 Å². The first-order chi connectivity index (χ1) is 8.77. The van der Waals surface area contributed by atoms with E-state index < -0.39 is 12.0 Å². The van der Waals surface area contributed by atoms with E-state index in [4.69, 9.17) is 0 Å². The van der Waals surface area contributed by atoms with E-state index in [2.05, 4.69) is 4.90 Å². The second-order valence-corrected chi connectivity index (χ2v) is 6.36. The molecule has 1 aromatic rings. The van der Waals surface area contributed by atoms with Gasteiger partial charge in [0.1, 0.15) is 6.04 Å². The molecule has 0 amide bonds. The maximum atomic E-state index is 11.5. The van der Waals surface area contributed by atoms with Gasteiger partial charge < -0.3 is 5.11 Å². The molecule has 2 rings (SSSR count). The highest BCUT2D eigenvalue weighted by Gasteiger charge is 2.26. The van der Waals surface area contributed by atoms with Crippen molar-refractivity contribution in [2.75, 3.05) is 23.3 Å². The Labute approximate surface area is 116 Å². The quantitative estimate of drug-likeness (QED) is 0.919. The smallest absolute Gasteiger partial charge is 0.321 e. The van der Waals surface area contributed by atoms with E-state index in [0.29, 0.717) is 6.42 Å². The summed E-state index contributed by atoms with van der Waals surface area (Å²) >= 11 is 3.64. The van der Waals surface area contributed by atoms with Crippen molar-refractivity contribution in [3.8, 4) is 0 Å². The van der Waals surface area contributed by atoms with Crippen LogP contribution < -0.4 is 0 Å². The van der Waals surface area contributed by atoms with Gasteiger partial charge in [-0.05, 0) is 12.0 Å². The van der Waals surface area contributed by atoms with Gasteiger partial charge in [-0.25, -0.2) is 0 Å². The van der Waals surface area contributed by atoms with Crippen molar-refractivity contribution in [3.05, 3.63) is 35.9 Å². The second kappa shape index (κ2) is 7.07. The minimum atomic E-state index is -0.720. The molecule has 1 aliphatic rings. The van der Waals surface area contributed by atoms with Gasteiger partial charge in [-0.1, -0.05) is 30.3 Å². The molecule has 1 N–H and O–H groups in total. The maximum Gasteiger partial charge on any atom is 0.321 e. The van der Waals surface area contributed by atoms with Crippen molar-refractivity contribution in [2.24, 2.45) is 0 Å². The summed E-state index contributed by atoms with van der Waals surface area (Å²) in [4.78, 5) is 13.5.